The normalized spacial score (nSPS) is 11.4. The van der Waals surface area contributed by atoms with Crippen molar-refractivity contribution < 1.29 is 14.3 Å². The molecule has 1 N–H and O–H groups in total. The number of ether oxygens (including phenoxy) is 1. The third-order valence-electron chi connectivity index (χ3n) is 6.81. The molecular formula is C33H28ClN3O3. The van der Waals surface area contributed by atoms with Crippen molar-refractivity contribution in [3.8, 4) is 5.75 Å². The Morgan fingerprint density at radius 2 is 1.52 bits per heavy atom. The molecule has 0 radical (unpaired) electrons. The summed E-state index contributed by atoms with van der Waals surface area (Å²) in [6, 6.07) is 32.0. The summed E-state index contributed by atoms with van der Waals surface area (Å²) in [6.07, 6.45) is 0.616. The maximum Gasteiger partial charge on any atom is 0.262 e. The van der Waals surface area contributed by atoms with Crippen molar-refractivity contribution >= 4 is 40.0 Å². The van der Waals surface area contributed by atoms with Gasteiger partial charge < -0.3 is 4.74 Å². The first-order valence-electron chi connectivity index (χ1n) is 12.9. The van der Waals surface area contributed by atoms with Crippen LogP contribution < -0.4 is 10.2 Å². The van der Waals surface area contributed by atoms with E-state index in [-0.39, 0.29) is 18.2 Å². The molecule has 0 saturated heterocycles. The van der Waals surface area contributed by atoms with E-state index in [0.717, 1.165) is 27.8 Å². The Hall–Kier alpha value is -4.68. The Morgan fingerprint density at radius 3 is 2.20 bits per heavy atom. The lowest BCUT2D eigenvalue weighted by Gasteiger charge is -2.09. The molecule has 1 amide bonds. The molecule has 6 nitrogen and oxygen atoms in total. The lowest BCUT2D eigenvalue weighted by Crippen LogP contribution is -2.23. The summed E-state index contributed by atoms with van der Waals surface area (Å²) in [7, 11) is 1.58. The zero-order valence-electron chi connectivity index (χ0n) is 22.2. The summed E-state index contributed by atoms with van der Waals surface area (Å²) in [6.45, 7) is 1.84. The Kier molecular flexibility index (Phi) is 8.08. The summed E-state index contributed by atoms with van der Waals surface area (Å²) in [5.41, 5.74) is 8.10. The number of fused-ring (bicyclic) bond motifs is 1. The van der Waals surface area contributed by atoms with Crippen LogP contribution in [-0.2, 0) is 17.6 Å². The van der Waals surface area contributed by atoms with Gasteiger partial charge >= 0.3 is 0 Å². The van der Waals surface area contributed by atoms with Gasteiger partial charge in [-0.15, -0.1) is 0 Å². The topological polar surface area (TPSA) is 72.7 Å². The molecule has 0 unspecified atom stereocenters. The molecular weight excluding hydrogens is 522 g/mol. The van der Waals surface area contributed by atoms with Crippen LogP contribution in [0.3, 0.4) is 0 Å². The highest BCUT2D eigenvalue weighted by Crippen LogP contribution is 2.30. The zero-order valence-corrected chi connectivity index (χ0v) is 23.0. The molecule has 0 spiro atoms. The van der Waals surface area contributed by atoms with Crippen molar-refractivity contribution in [3.05, 3.63) is 136 Å². The molecule has 0 aliphatic heterocycles. The summed E-state index contributed by atoms with van der Waals surface area (Å²) in [4.78, 5) is 26.8. The van der Waals surface area contributed by atoms with Crippen LogP contribution in [0, 0.1) is 6.92 Å². The van der Waals surface area contributed by atoms with E-state index in [1.807, 2.05) is 85.8 Å². The first kappa shape index (κ1) is 26.9. The Labute approximate surface area is 237 Å². The minimum absolute atomic E-state index is 0.0481. The van der Waals surface area contributed by atoms with Gasteiger partial charge in [0.2, 0.25) is 5.91 Å². The fourth-order valence-corrected chi connectivity index (χ4v) is 4.88. The molecule has 1 heterocycles. The second kappa shape index (κ2) is 12.0. The smallest absolute Gasteiger partial charge is 0.262 e. The number of hydrogen-bond acceptors (Lipinski definition) is 4. The number of benzene rings is 4. The maximum absolute atomic E-state index is 13.6. The van der Waals surface area contributed by atoms with Crippen LogP contribution in [0.15, 0.2) is 108 Å². The SMILES string of the molecule is COc1ccc2c(CC(=O)N/N=C(/Cc3ccccc3)c3ccccc3)c(C)n(C(=O)c3ccc(Cl)cc3)c2c1. The summed E-state index contributed by atoms with van der Waals surface area (Å²) >= 11 is 6.04. The number of aromatic nitrogens is 1. The van der Waals surface area contributed by atoms with Crippen LogP contribution in [0.5, 0.6) is 5.75 Å². The number of hydrazone groups is 1. The van der Waals surface area contributed by atoms with Crippen molar-refractivity contribution in [2.24, 2.45) is 5.10 Å². The van der Waals surface area contributed by atoms with E-state index in [4.69, 9.17) is 16.3 Å². The van der Waals surface area contributed by atoms with Crippen LogP contribution in [0.25, 0.3) is 10.9 Å². The van der Waals surface area contributed by atoms with Crippen LogP contribution >= 0.6 is 11.6 Å². The number of rotatable bonds is 8. The van der Waals surface area contributed by atoms with Gasteiger partial charge in [-0.2, -0.15) is 5.10 Å². The molecule has 0 aliphatic carbocycles. The number of amides is 1. The molecule has 0 bridgehead atoms. The van der Waals surface area contributed by atoms with Crippen LogP contribution in [0.2, 0.25) is 5.02 Å². The third kappa shape index (κ3) is 5.82. The number of halogens is 1. The van der Waals surface area contributed by atoms with E-state index in [2.05, 4.69) is 10.5 Å². The Morgan fingerprint density at radius 1 is 0.850 bits per heavy atom. The molecule has 0 aliphatic rings. The second-order valence-corrected chi connectivity index (χ2v) is 9.83. The lowest BCUT2D eigenvalue weighted by molar-refractivity contribution is -0.120. The highest BCUT2D eigenvalue weighted by atomic mass is 35.5. The van der Waals surface area contributed by atoms with Crippen molar-refractivity contribution in [2.75, 3.05) is 7.11 Å². The minimum Gasteiger partial charge on any atom is -0.497 e. The van der Waals surface area contributed by atoms with E-state index < -0.39 is 0 Å². The van der Waals surface area contributed by atoms with E-state index in [0.29, 0.717) is 34.0 Å². The molecule has 0 saturated carbocycles. The summed E-state index contributed by atoms with van der Waals surface area (Å²) in [5, 5.41) is 5.88. The number of hydrogen-bond donors (Lipinski definition) is 1. The average molecular weight is 550 g/mol. The van der Waals surface area contributed by atoms with E-state index in [9.17, 15) is 9.59 Å². The van der Waals surface area contributed by atoms with Gasteiger partial charge in [0.25, 0.3) is 5.91 Å². The zero-order chi connectivity index (χ0) is 28.1. The quantitative estimate of drug-likeness (QED) is 0.175. The molecule has 4 aromatic carbocycles. The van der Waals surface area contributed by atoms with Gasteiger partial charge in [-0.05, 0) is 60.0 Å². The third-order valence-corrected chi connectivity index (χ3v) is 7.06. The van der Waals surface area contributed by atoms with E-state index >= 15 is 0 Å². The standard InChI is InChI=1S/C33H28ClN3O3/c1-22-29(21-32(38)36-35-30(24-11-7-4-8-12-24)19-23-9-5-3-6-10-23)28-18-17-27(40-2)20-31(28)37(22)33(39)25-13-15-26(34)16-14-25/h3-18,20H,19,21H2,1-2H3,(H,36,38)/b35-30-. The first-order valence-corrected chi connectivity index (χ1v) is 13.3. The number of methoxy groups -OCH3 is 1. The van der Waals surface area contributed by atoms with Crippen molar-refractivity contribution in [1.82, 2.24) is 9.99 Å². The molecule has 5 aromatic rings. The first-order chi connectivity index (χ1) is 19.4. The van der Waals surface area contributed by atoms with Gasteiger partial charge in [-0.1, -0.05) is 72.3 Å². The minimum atomic E-state index is -0.279. The van der Waals surface area contributed by atoms with Crippen LogP contribution in [0.1, 0.15) is 32.7 Å². The van der Waals surface area contributed by atoms with Crippen molar-refractivity contribution in [1.29, 1.82) is 0 Å². The van der Waals surface area contributed by atoms with Crippen molar-refractivity contribution in [2.45, 2.75) is 19.8 Å². The summed E-state index contributed by atoms with van der Waals surface area (Å²) in [5.74, 6) is 0.119. The number of nitrogens with zero attached hydrogens (tertiary/aromatic N) is 2. The van der Waals surface area contributed by atoms with Gasteiger partial charge in [0.15, 0.2) is 0 Å². The predicted octanol–water partition coefficient (Wildman–Crippen LogP) is 6.61. The number of carbonyl (C=O) groups excluding carboxylic acids is 2. The highest BCUT2D eigenvalue weighted by Gasteiger charge is 2.22. The average Bonchev–Trinajstić information content (AvgIpc) is 3.26. The van der Waals surface area contributed by atoms with Crippen LogP contribution in [-0.4, -0.2) is 29.2 Å². The molecule has 0 fully saturated rings. The molecule has 0 atom stereocenters. The predicted molar refractivity (Wildman–Crippen MR) is 159 cm³/mol. The monoisotopic (exact) mass is 549 g/mol. The lowest BCUT2D eigenvalue weighted by atomic mass is 10.0. The fourth-order valence-electron chi connectivity index (χ4n) is 4.75. The fraction of sp³-hybridized carbons (Fsp3) is 0.121. The maximum atomic E-state index is 13.6. The molecule has 40 heavy (non-hydrogen) atoms. The van der Waals surface area contributed by atoms with Crippen molar-refractivity contribution in [3.63, 3.8) is 0 Å². The molecule has 1 aromatic heterocycles. The van der Waals surface area contributed by atoms with Gasteiger partial charge in [0.1, 0.15) is 5.75 Å². The van der Waals surface area contributed by atoms with E-state index in [1.54, 1.807) is 35.9 Å². The van der Waals surface area contributed by atoms with Gasteiger partial charge in [0.05, 0.1) is 24.8 Å². The molecule has 7 heteroatoms. The number of carbonyl (C=O) groups is 2. The second-order valence-electron chi connectivity index (χ2n) is 9.39. The van der Waals surface area contributed by atoms with Gasteiger partial charge in [-0.25, -0.2) is 5.43 Å². The molecule has 5 rings (SSSR count). The molecule has 200 valence electrons. The Balaban J connectivity index is 1.47. The highest BCUT2D eigenvalue weighted by molar-refractivity contribution is 6.30. The van der Waals surface area contributed by atoms with Gasteiger partial charge in [-0.3, -0.25) is 14.2 Å². The van der Waals surface area contributed by atoms with Crippen LogP contribution in [0.4, 0.5) is 0 Å². The Bertz CT molecular complexity index is 1690. The summed E-state index contributed by atoms with van der Waals surface area (Å²) < 4.78 is 7.05. The van der Waals surface area contributed by atoms with E-state index in [1.165, 1.54) is 0 Å². The number of nitrogens with one attached hydrogen (secondary N) is 1. The van der Waals surface area contributed by atoms with Gasteiger partial charge in [0, 0.05) is 34.2 Å². The largest absolute Gasteiger partial charge is 0.497 e.